The van der Waals surface area contributed by atoms with Crippen LogP contribution in [0.5, 0.6) is 5.75 Å². The van der Waals surface area contributed by atoms with Gasteiger partial charge in [-0.15, -0.1) is 0 Å². The number of halogens is 3. The van der Waals surface area contributed by atoms with Gasteiger partial charge < -0.3 is 9.15 Å². The number of hydrogen-bond donors (Lipinski definition) is 0. The van der Waals surface area contributed by atoms with E-state index in [4.69, 9.17) is 32.4 Å². The molecule has 0 unspecified atom stereocenters. The Morgan fingerprint density at radius 2 is 1.67 bits per heavy atom. The first-order valence-electron chi connectivity index (χ1n) is 8.84. The predicted octanol–water partition coefficient (Wildman–Crippen LogP) is 7.06. The molecule has 0 atom stereocenters. The molecule has 0 saturated carbocycles. The number of carbonyl (C=O) groups is 1. The van der Waals surface area contributed by atoms with Crippen molar-refractivity contribution in [1.82, 2.24) is 0 Å². The van der Waals surface area contributed by atoms with Crippen LogP contribution in [0.3, 0.4) is 0 Å². The van der Waals surface area contributed by atoms with Crippen molar-refractivity contribution in [3.8, 4) is 17.1 Å². The average molecular weight is 504 g/mol. The van der Waals surface area contributed by atoms with Gasteiger partial charge >= 0.3 is 5.97 Å². The first-order valence-corrected chi connectivity index (χ1v) is 10.4. The van der Waals surface area contributed by atoms with Gasteiger partial charge in [0.15, 0.2) is 5.76 Å². The van der Waals surface area contributed by atoms with E-state index in [1.807, 2.05) is 6.92 Å². The van der Waals surface area contributed by atoms with Gasteiger partial charge in [-0.2, -0.15) is 0 Å². The van der Waals surface area contributed by atoms with E-state index >= 15 is 0 Å². The van der Waals surface area contributed by atoms with Gasteiger partial charge in [-0.1, -0.05) is 39.1 Å². The van der Waals surface area contributed by atoms with Crippen LogP contribution in [0.15, 0.2) is 74.3 Å². The van der Waals surface area contributed by atoms with Gasteiger partial charge in [0, 0.05) is 20.1 Å². The molecule has 0 saturated heterocycles. The Morgan fingerprint density at radius 1 is 1.00 bits per heavy atom. The number of rotatable bonds is 3. The molecule has 1 aromatic heterocycles. The maximum absolute atomic E-state index is 13.2. The number of ether oxygens (including phenoxy) is 1. The zero-order valence-corrected chi connectivity index (χ0v) is 18.6. The van der Waals surface area contributed by atoms with Gasteiger partial charge in [0.2, 0.25) is 11.2 Å². The number of fused-ring (bicyclic) bond motifs is 1. The molecule has 4 nitrogen and oxygen atoms in total. The zero-order valence-electron chi connectivity index (χ0n) is 15.5. The van der Waals surface area contributed by atoms with Crippen molar-refractivity contribution in [3.05, 3.63) is 96.5 Å². The molecule has 3 aromatic carbocycles. The quantitative estimate of drug-likeness (QED) is 0.281. The smallest absolute Gasteiger partial charge is 0.343 e. The van der Waals surface area contributed by atoms with Crippen molar-refractivity contribution >= 4 is 56.1 Å². The maximum Gasteiger partial charge on any atom is 0.343 e. The lowest BCUT2D eigenvalue weighted by molar-refractivity contribution is 0.0731. The van der Waals surface area contributed by atoms with Crippen LogP contribution in [-0.4, -0.2) is 5.97 Å². The molecule has 0 aliphatic rings. The molecule has 0 bridgehead atoms. The fourth-order valence-corrected chi connectivity index (χ4v) is 3.47. The van der Waals surface area contributed by atoms with Gasteiger partial charge in [-0.3, -0.25) is 4.79 Å². The van der Waals surface area contributed by atoms with Crippen LogP contribution in [0.4, 0.5) is 0 Å². The Balaban J connectivity index is 1.92. The molecule has 4 rings (SSSR count). The topological polar surface area (TPSA) is 56.5 Å². The summed E-state index contributed by atoms with van der Waals surface area (Å²) in [5.74, 6) is -0.753. The summed E-state index contributed by atoms with van der Waals surface area (Å²) in [5.41, 5.74) is 1.45. The molecule has 0 aliphatic carbocycles. The van der Waals surface area contributed by atoms with E-state index in [0.717, 1.165) is 10.0 Å². The molecule has 1 heterocycles. The molecule has 0 amide bonds. The Labute approximate surface area is 190 Å². The molecule has 0 spiro atoms. The Morgan fingerprint density at radius 3 is 2.33 bits per heavy atom. The number of carbonyl (C=O) groups excluding carboxylic acids is 1. The van der Waals surface area contributed by atoms with Crippen LogP contribution in [-0.2, 0) is 0 Å². The van der Waals surface area contributed by atoms with Crippen LogP contribution < -0.4 is 10.2 Å². The van der Waals surface area contributed by atoms with Gasteiger partial charge in [0.1, 0.15) is 5.58 Å². The van der Waals surface area contributed by atoms with Crippen LogP contribution in [0, 0.1) is 6.92 Å². The number of hydrogen-bond acceptors (Lipinski definition) is 4. The van der Waals surface area contributed by atoms with Crippen molar-refractivity contribution in [2.75, 3.05) is 0 Å². The van der Waals surface area contributed by atoms with Crippen molar-refractivity contribution in [3.63, 3.8) is 0 Å². The molecule has 0 fully saturated rings. The van der Waals surface area contributed by atoms with Crippen molar-refractivity contribution in [2.24, 2.45) is 0 Å². The van der Waals surface area contributed by atoms with E-state index in [2.05, 4.69) is 15.9 Å². The number of aryl methyl sites for hydroxylation is 1. The molecule has 0 aliphatic heterocycles. The average Bonchev–Trinajstić information content (AvgIpc) is 2.72. The molecule has 4 aromatic rings. The molecule has 7 heteroatoms. The standard InChI is InChI=1S/C23H13BrCl2O4/c1-12-10-19-17(11-18(12)26)20(27)22(21(29-19)13-4-8-16(25)9-5-13)30-23(28)14-2-6-15(24)7-3-14/h2-11H,1H3. The van der Waals surface area contributed by atoms with Crippen molar-refractivity contribution < 1.29 is 13.9 Å². The van der Waals surface area contributed by atoms with Gasteiger partial charge in [-0.25, -0.2) is 4.79 Å². The van der Waals surface area contributed by atoms with Crippen LogP contribution in [0.25, 0.3) is 22.3 Å². The second kappa shape index (κ2) is 8.26. The van der Waals surface area contributed by atoms with E-state index in [0.29, 0.717) is 26.8 Å². The minimum Gasteiger partial charge on any atom is -0.452 e. The summed E-state index contributed by atoms with van der Waals surface area (Å²) >= 11 is 15.5. The lowest BCUT2D eigenvalue weighted by atomic mass is 10.1. The largest absolute Gasteiger partial charge is 0.452 e. The highest BCUT2D eigenvalue weighted by Crippen LogP contribution is 2.33. The highest BCUT2D eigenvalue weighted by Gasteiger charge is 2.22. The first-order chi connectivity index (χ1) is 14.3. The number of benzene rings is 3. The van der Waals surface area contributed by atoms with Gasteiger partial charge in [0.25, 0.3) is 0 Å². The van der Waals surface area contributed by atoms with E-state index < -0.39 is 11.4 Å². The third-order valence-electron chi connectivity index (χ3n) is 4.51. The monoisotopic (exact) mass is 502 g/mol. The summed E-state index contributed by atoms with van der Waals surface area (Å²) in [7, 11) is 0. The Hall–Kier alpha value is -2.60. The molecular formula is C23H13BrCl2O4. The van der Waals surface area contributed by atoms with E-state index in [1.165, 1.54) is 6.07 Å². The Kier molecular flexibility index (Phi) is 5.69. The fraction of sp³-hybridized carbons (Fsp3) is 0.0435. The normalized spacial score (nSPS) is 10.9. The number of esters is 1. The molecule has 0 N–H and O–H groups in total. The lowest BCUT2D eigenvalue weighted by Crippen LogP contribution is -2.16. The van der Waals surface area contributed by atoms with Crippen LogP contribution in [0.2, 0.25) is 10.0 Å². The minimum atomic E-state index is -0.678. The first kappa shape index (κ1) is 20.7. The fourth-order valence-electron chi connectivity index (χ4n) is 2.92. The lowest BCUT2D eigenvalue weighted by Gasteiger charge is -2.11. The summed E-state index contributed by atoms with van der Waals surface area (Å²) < 4.78 is 12.3. The van der Waals surface area contributed by atoms with Gasteiger partial charge in [-0.05, 0) is 73.2 Å². The van der Waals surface area contributed by atoms with Gasteiger partial charge in [0.05, 0.1) is 10.9 Å². The van der Waals surface area contributed by atoms with Crippen LogP contribution in [0.1, 0.15) is 15.9 Å². The second-order valence-electron chi connectivity index (χ2n) is 6.59. The highest BCUT2D eigenvalue weighted by molar-refractivity contribution is 9.10. The van der Waals surface area contributed by atoms with Crippen molar-refractivity contribution in [1.29, 1.82) is 0 Å². The summed E-state index contributed by atoms with van der Waals surface area (Å²) in [6, 6.07) is 16.5. The van der Waals surface area contributed by atoms with E-state index in [-0.39, 0.29) is 16.9 Å². The van der Waals surface area contributed by atoms with Crippen LogP contribution >= 0.6 is 39.1 Å². The SMILES string of the molecule is Cc1cc2oc(-c3ccc(Cl)cc3)c(OC(=O)c3ccc(Br)cc3)c(=O)c2cc1Cl. The molecular weight excluding hydrogens is 491 g/mol. The third kappa shape index (κ3) is 4.01. The van der Waals surface area contributed by atoms with Crippen molar-refractivity contribution in [2.45, 2.75) is 6.92 Å². The maximum atomic E-state index is 13.2. The predicted molar refractivity (Wildman–Crippen MR) is 122 cm³/mol. The summed E-state index contributed by atoms with van der Waals surface area (Å²) in [4.78, 5) is 26.0. The highest BCUT2D eigenvalue weighted by atomic mass is 79.9. The molecule has 0 radical (unpaired) electrons. The van der Waals surface area contributed by atoms with E-state index in [9.17, 15) is 9.59 Å². The van der Waals surface area contributed by atoms with E-state index in [1.54, 1.807) is 54.6 Å². The summed E-state index contributed by atoms with van der Waals surface area (Å²) in [5, 5.41) is 1.17. The zero-order chi connectivity index (χ0) is 21.4. The molecule has 30 heavy (non-hydrogen) atoms. The second-order valence-corrected chi connectivity index (χ2v) is 8.35. The minimum absolute atomic E-state index is 0.136. The third-order valence-corrected chi connectivity index (χ3v) is 5.70. The summed E-state index contributed by atoms with van der Waals surface area (Å²) in [6.45, 7) is 1.81. The molecule has 150 valence electrons. The Bertz CT molecular complexity index is 1330. The summed E-state index contributed by atoms with van der Waals surface area (Å²) in [6.07, 6.45) is 0.